The summed E-state index contributed by atoms with van der Waals surface area (Å²) in [6, 6.07) is -1.16. The SMILES string of the molecule is CC(=O)C1C(=O)NC(=O)CN1C(C)=O. The van der Waals surface area contributed by atoms with Crippen LogP contribution >= 0.6 is 0 Å². The van der Waals surface area contributed by atoms with Gasteiger partial charge >= 0.3 is 0 Å². The number of imide groups is 1. The molecule has 76 valence electrons. The molecule has 1 saturated heterocycles. The Hall–Kier alpha value is -1.72. The van der Waals surface area contributed by atoms with Crippen LogP contribution in [0.4, 0.5) is 0 Å². The first-order valence-electron chi connectivity index (χ1n) is 4.05. The lowest BCUT2D eigenvalue weighted by Crippen LogP contribution is -2.61. The molecule has 1 rings (SSSR count). The Morgan fingerprint density at radius 3 is 2.36 bits per heavy atom. The van der Waals surface area contributed by atoms with Crippen molar-refractivity contribution in [1.82, 2.24) is 10.2 Å². The zero-order valence-corrected chi connectivity index (χ0v) is 7.86. The average Bonchev–Trinajstić information content (AvgIpc) is 2.01. The third kappa shape index (κ3) is 1.78. The lowest BCUT2D eigenvalue weighted by Gasteiger charge is -2.31. The number of amides is 3. The quantitative estimate of drug-likeness (QED) is 0.408. The van der Waals surface area contributed by atoms with Crippen molar-refractivity contribution in [2.75, 3.05) is 6.54 Å². The van der Waals surface area contributed by atoms with E-state index in [1.165, 1.54) is 13.8 Å². The van der Waals surface area contributed by atoms with E-state index in [2.05, 4.69) is 0 Å². The molecule has 1 fully saturated rings. The van der Waals surface area contributed by atoms with Crippen molar-refractivity contribution in [3.63, 3.8) is 0 Å². The minimum absolute atomic E-state index is 0.245. The minimum Gasteiger partial charge on any atom is -0.315 e. The number of rotatable bonds is 1. The summed E-state index contributed by atoms with van der Waals surface area (Å²) in [4.78, 5) is 45.2. The first-order valence-corrected chi connectivity index (χ1v) is 4.05. The fraction of sp³-hybridized carbons (Fsp3) is 0.500. The lowest BCUT2D eigenvalue weighted by atomic mass is 10.1. The molecule has 0 spiro atoms. The summed E-state index contributed by atoms with van der Waals surface area (Å²) in [6.07, 6.45) is 0. The summed E-state index contributed by atoms with van der Waals surface area (Å²) in [7, 11) is 0. The molecule has 1 N–H and O–H groups in total. The van der Waals surface area contributed by atoms with Gasteiger partial charge in [-0.1, -0.05) is 0 Å². The minimum atomic E-state index is -1.16. The number of nitrogens with one attached hydrogen (secondary N) is 1. The van der Waals surface area contributed by atoms with Crippen LogP contribution in [0.2, 0.25) is 0 Å². The Labute approximate surface area is 80.2 Å². The first-order chi connectivity index (χ1) is 6.43. The molecule has 0 aliphatic carbocycles. The highest BCUT2D eigenvalue weighted by molar-refractivity contribution is 6.14. The molecule has 1 unspecified atom stereocenters. The monoisotopic (exact) mass is 198 g/mol. The number of carbonyl (C=O) groups is 4. The van der Waals surface area contributed by atoms with Gasteiger partial charge in [-0.2, -0.15) is 0 Å². The van der Waals surface area contributed by atoms with Gasteiger partial charge in [0.2, 0.25) is 11.8 Å². The maximum absolute atomic E-state index is 11.2. The van der Waals surface area contributed by atoms with E-state index < -0.39 is 29.5 Å². The summed E-state index contributed by atoms with van der Waals surface area (Å²) >= 11 is 0. The van der Waals surface area contributed by atoms with Crippen molar-refractivity contribution in [2.45, 2.75) is 19.9 Å². The maximum atomic E-state index is 11.2. The fourth-order valence-electron chi connectivity index (χ4n) is 1.33. The van der Waals surface area contributed by atoms with Crippen LogP contribution in [-0.4, -0.2) is 41.0 Å². The number of ketones is 1. The van der Waals surface area contributed by atoms with Gasteiger partial charge in [0, 0.05) is 6.92 Å². The van der Waals surface area contributed by atoms with Crippen LogP contribution < -0.4 is 5.32 Å². The standard InChI is InChI=1S/C8H10N2O4/c1-4(11)7-8(14)9-6(13)3-10(7)5(2)12/h7H,3H2,1-2H3,(H,9,13,14). The molecule has 0 aromatic carbocycles. The van der Waals surface area contributed by atoms with Gasteiger partial charge in [-0.25, -0.2) is 0 Å². The Balaban J connectivity index is 2.97. The van der Waals surface area contributed by atoms with Gasteiger partial charge in [0.25, 0.3) is 5.91 Å². The van der Waals surface area contributed by atoms with Crippen molar-refractivity contribution in [1.29, 1.82) is 0 Å². The van der Waals surface area contributed by atoms with E-state index in [4.69, 9.17) is 0 Å². The van der Waals surface area contributed by atoms with Gasteiger partial charge in [-0.15, -0.1) is 0 Å². The predicted molar refractivity (Wildman–Crippen MR) is 45.0 cm³/mol. The molecule has 3 amide bonds. The molecule has 6 heteroatoms. The first kappa shape index (κ1) is 10.4. The Morgan fingerprint density at radius 2 is 1.93 bits per heavy atom. The molecule has 1 atom stereocenters. The molecule has 14 heavy (non-hydrogen) atoms. The second-order valence-corrected chi connectivity index (χ2v) is 3.07. The van der Waals surface area contributed by atoms with Crippen LogP contribution in [0.25, 0.3) is 0 Å². The normalized spacial score (nSPS) is 21.9. The van der Waals surface area contributed by atoms with Crippen molar-refractivity contribution in [2.24, 2.45) is 0 Å². The molecule has 1 aliphatic rings. The van der Waals surface area contributed by atoms with Gasteiger partial charge in [0.1, 0.15) is 6.54 Å². The van der Waals surface area contributed by atoms with Crippen LogP contribution in [-0.2, 0) is 19.2 Å². The molecule has 1 aliphatic heterocycles. The summed E-state index contributed by atoms with van der Waals surface area (Å²) < 4.78 is 0. The van der Waals surface area contributed by atoms with Crippen molar-refractivity contribution in [3.05, 3.63) is 0 Å². The summed E-state index contributed by atoms with van der Waals surface area (Å²) in [6.45, 7) is 2.17. The maximum Gasteiger partial charge on any atom is 0.257 e. The number of carbonyl (C=O) groups excluding carboxylic acids is 4. The van der Waals surface area contributed by atoms with Gasteiger partial charge < -0.3 is 4.90 Å². The van der Waals surface area contributed by atoms with E-state index >= 15 is 0 Å². The number of hydrogen-bond acceptors (Lipinski definition) is 4. The summed E-state index contributed by atoms with van der Waals surface area (Å²) in [5.41, 5.74) is 0. The lowest BCUT2D eigenvalue weighted by molar-refractivity contribution is -0.152. The van der Waals surface area contributed by atoms with Crippen molar-refractivity contribution in [3.8, 4) is 0 Å². The summed E-state index contributed by atoms with van der Waals surface area (Å²) in [5.74, 6) is -2.22. The van der Waals surface area contributed by atoms with E-state index in [0.29, 0.717) is 0 Å². The largest absolute Gasteiger partial charge is 0.315 e. The van der Waals surface area contributed by atoms with Gasteiger partial charge in [-0.3, -0.25) is 24.5 Å². The second-order valence-electron chi connectivity index (χ2n) is 3.07. The molecule has 1 heterocycles. The smallest absolute Gasteiger partial charge is 0.257 e. The van der Waals surface area contributed by atoms with Crippen LogP contribution in [0, 0.1) is 0 Å². The van der Waals surface area contributed by atoms with Crippen LogP contribution in [0.5, 0.6) is 0 Å². The average molecular weight is 198 g/mol. The molecule has 0 saturated carbocycles. The topological polar surface area (TPSA) is 83.6 Å². The number of Topliss-reactive ketones (excluding diaryl/α,β-unsaturated/α-hetero) is 1. The van der Waals surface area contributed by atoms with Crippen molar-refractivity contribution < 1.29 is 19.2 Å². The van der Waals surface area contributed by atoms with E-state index in [9.17, 15) is 19.2 Å². The molecule has 0 aromatic heterocycles. The second kappa shape index (κ2) is 3.57. The van der Waals surface area contributed by atoms with Gasteiger partial charge in [0.15, 0.2) is 11.8 Å². The zero-order valence-electron chi connectivity index (χ0n) is 7.86. The van der Waals surface area contributed by atoms with E-state index in [1.54, 1.807) is 0 Å². The third-order valence-corrected chi connectivity index (χ3v) is 1.93. The van der Waals surface area contributed by atoms with Gasteiger partial charge in [0.05, 0.1) is 0 Å². The molecule has 0 radical (unpaired) electrons. The highest BCUT2D eigenvalue weighted by Crippen LogP contribution is 2.06. The van der Waals surface area contributed by atoms with Crippen LogP contribution in [0.15, 0.2) is 0 Å². The van der Waals surface area contributed by atoms with Crippen LogP contribution in [0.3, 0.4) is 0 Å². The highest BCUT2D eigenvalue weighted by Gasteiger charge is 2.38. The molecular formula is C8H10N2O4. The van der Waals surface area contributed by atoms with E-state index in [0.717, 1.165) is 4.90 Å². The molecular weight excluding hydrogens is 188 g/mol. The van der Waals surface area contributed by atoms with Crippen LogP contribution in [0.1, 0.15) is 13.8 Å². The predicted octanol–water partition coefficient (Wildman–Crippen LogP) is -1.55. The Kier molecular flexibility index (Phi) is 2.64. The summed E-state index contributed by atoms with van der Waals surface area (Å²) in [5, 5.41) is 2.00. The van der Waals surface area contributed by atoms with E-state index in [-0.39, 0.29) is 6.54 Å². The molecule has 0 bridgehead atoms. The molecule has 0 aromatic rings. The Bertz CT molecular complexity index is 323. The molecule has 6 nitrogen and oxygen atoms in total. The fourth-order valence-corrected chi connectivity index (χ4v) is 1.33. The van der Waals surface area contributed by atoms with Gasteiger partial charge in [-0.05, 0) is 6.92 Å². The Morgan fingerprint density at radius 1 is 1.36 bits per heavy atom. The number of nitrogens with zero attached hydrogens (tertiary/aromatic N) is 1. The zero-order chi connectivity index (χ0) is 10.9. The van der Waals surface area contributed by atoms with E-state index in [1.807, 2.05) is 5.32 Å². The third-order valence-electron chi connectivity index (χ3n) is 1.93. The highest BCUT2D eigenvalue weighted by atomic mass is 16.2. The number of hydrogen-bond donors (Lipinski definition) is 1. The van der Waals surface area contributed by atoms with Crippen molar-refractivity contribution >= 4 is 23.5 Å². The number of piperazine rings is 1.